The van der Waals surface area contributed by atoms with Crippen LogP contribution in [0.25, 0.3) is 0 Å². The molecule has 1 amide bonds. The molecule has 1 heterocycles. The lowest BCUT2D eigenvalue weighted by atomic mass is 10.1. The Labute approximate surface area is 90.0 Å². The standard InChI is InChI=1S/C9H8N2O3S/c12-8-7(6-4-2-1-3-5-6)10-11(14)9(13)15-8/h1-5,7,10,14H. The molecule has 1 saturated heterocycles. The van der Waals surface area contributed by atoms with Gasteiger partial charge >= 0.3 is 5.24 Å². The Bertz CT molecular complexity index is 396. The third-order valence-corrected chi connectivity index (χ3v) is 2.77. The quantitative estimate of drug-likeness (QED) is 0.704. The minimum atomic E-state index is -0.716. The number of hydroxylamine groups is 1. The highest BCUT2D eigenvalue weighted by Gasteiger charge is 2.33. The molecule has 0 radical (unpaired) electrons. The summed E-state index contributed by atoms with van der Waals surface area (Å²) in [6.07, 6.45) is 0. The second kappa shape index (κ2) is 4.01. The summed E-state index contributed by atoms with van der Waals surface area (Å²) < 4.78 is 0. The van der Waals surface area contributed by atoms with Gasteiger partial charge in [-0.25, -0.2) is 0 Å². The summed E-state index contributed by atoms with van der Waals surface area (Å²) in [4.78, 5) is 22.4. The summed E-state index contributed by atoms with van der Waals surface area (Å²) in [6, 6.07) is 8.21. The predicted molar refractivity (Wildman–Crippen MR) is 53.9 cm³/mol. The van der Waals surface area contributed by atoms with Crippen molar-refractivity contribution in [3.63, 3.8) is 0 Å². The Morgan fingerprint density at radius 3 is 2.60 bits per heavy atom. The van der Waals surface area contributed by atoms with E-state index >= 15 is 0 Å². The van der Waals surface area contributed by atoms with Crippen molar-refractivity contribution in [2.75, 3.05) is 0 Å². The SMILES string of the molecule is O=C1SC(=O)N(O)NC1c1ccccc1. The van der Waals surface area contributed by atoms with Crippen molar-refractivity contribution in [2.24, 2.45) is 0 Å². The minimum absolute atomic E-state index is 0.323. The number of carbonyl (C=O) groups excluding carboxylic acids is 2. The van der Waals surface area contributed by atoms with Crippen LogP contribution in [0.1, 0.15) is 11.6 Å². The van der Waals surface area contributed by atoms with Gasteiger partial charge in [0, 0.05) is 11.8 Å². The summed E-state index contributed by atoms with van der Waals surface area (Å²) in [5.74, 6) is 0. The highest BCUT2D eigenvalue weighted by Crippen LogP contribution is 2.26. The van der Waals surface area contributed by atoms with Crippen LogP contribution in [-0.4, -0.2) is 20.7 Å². The highest BCUT2D eigenvalue weighted by atomic mass is 32.2. The molecule has 6 heteroatoms. The number of rotatable bonds is 1. The average molecular weight is 224 g/mol. The number of benzene rings is 1. The Balaban J connectivity index is 2.23. The first-order valence-electron chi connectivity index (χ1n) is 4.24. The molecule has 0 aliphatic carbocycles. The van der Waals surface area contributed by atoms with Crippen LogP contribution in [0.2, 0.25) is 0 Å². The number of hydrogen-bond donors (Lipinski definition) is 2. The van der Waals surface area contributed by atoms with E-state index in [1.807, 2.05) is 6.07 Å². The fourth-order valence-electron chi connectivity index (χ4n) is 1.27. The number of amides is 1. The Kier molecular flexibility index (Phi) is 2.72. The van der Waals surface area contributed by atoms with E-state index in [1.54, 1.807) is 24.3 Å². The lowest BCUT2D eigenvalue weighted by molar-refractivity contribution is -0.125. The van der Waals surface area contributed by atoms with E-state index in [4.69, 9.17) is 5.21 Å². The fraction of sp³-hybridized carbons (Fsp3) is 0.111. The van der Waals surface area contributed by atoms with Crippen LogP contribution >= 0.6 is 11.8 Å². The number of thioether (sulfide) groups is 1. The predicted octanol–water partition coefficient (Wildman–Crippen LogP) is 1.32. The molecule has 1 aromatic rings. The Morgan fingerprint density at radius 2 is 1.93 bits per heavy atom. The van der Waals surface area contributed by atoms with Crippen LogP contribution in [-0.2, 0) is 4.79 Å². The summed E-state index contributed by atoms with van der Waals surface area (Å²) in [5, 5.41) is 8.43. The first-order valence-corrected chi connectivity index (χ1v) is 5.06. The zero-order valence-electron chi connectivity index (χ0n) is 7.58. The molecule has 1 atom stereocenters. The molecule has 1 unspecified atom stereocenters. The van der Waals surface area contributed by atoms with E-state index in [0.29, 0.717) is 22.5 Å². The van der Waals surface area contributed by atoms with E-state index in [1.165, 1.54) is 0 Å². The van der Waals surface area contributed by atoms with E-state index in [-0.39, 0.29) is 5.12 Å². The normalized spacial score (nSPS) is 21.9. The van der Waals surface area contributed by atoms with Gasteiger partial charge in [-0.05, 0) is 5.56 Å². The van der Waals surface area contributed by atoms with E-state index < -0.39 is 11.3 Å². The molecular weight excluding hydrogens is 216 g/mol. The van der Waals surface area contributed by atoms with Gasteiger partial charge in [0.05, 0.1) is 0 Å². The van der Waals surface area contributed by atoms with Crippen molar-refractivity contribution in [2.45, 2.75) is 6.04 Å². The maximum atomic E-state index is 11.5. The molecule has 1 aliphatic heterocycles. The van der Waals surface area contributed by atoms with Gasteiger partial charge in [-0.1, -0.05) is 30.3 Å². The number of carbonyl (C=O) groups is 2. The molecule has 5 nitrogen and oxygen atoms in total. The fourth-order valence-corrected chi connectivity index (χ4v) is 1.89. The molecule has 0 spiro atoms. The summed E-state index contributed by atoms with van der Waals surface area (Å²) in [6.45, 7) is 0. The maximum Gasteiger partial charge on any atom is 0.327 e. The van der Waals surface area contributed by atoms with Gasteiger partial charge in [-0.3, -0.25) is 14.8 Å². The lowest BCUT2D eigenvalue weighted by Gasteiger charge is -2.26. The smallest absolute Gasteiger partial charge is 0.284 e. The van der Waals surface area contributed by atoms with Gasteiger partial charge in [0.1, 0.15) is 6.04 Å². The topological polar surface area (TPSA) is 69.6 Å². The van der Waals surface area contributed by atoms with Gasteiger partial charge < -0.3 is 0 Å². The monoisotopic (exact) mass is 224 g/mol. The van der Waals surface area contributed by atoms with Crippen LogP contribution in [0.3, 0.4) is 0 Å². The Morgan fingerprint density at radius 1 is 1.27 bits per heavy atom. The molecule has 0 aromatic heterocycles. The molecule has 1 aliphatic rings. The molecule has 2 rings (SSSR count). The van der Waals surface area contributed by atoms with Crippen molar-refractivity contribution in [3.05, 3.63) is 35.9 Å². The van der Waals surface area contributed by atoms with Gasteiger partial charge in [-0.2, -0.15) is 5.43 Å². The van der Waals surface area contributed by atoms with Crippen molar-refractivity contribution >= 4 is 22.1 Å². The number of hydrogen-bond acceptors (Lipinski definition) is 5. The van der Waals surface area contributed by atoms with Crippen LogP contribution in [0.4, 0.5) is 4.79 Å². The molecule has 1 aromatic carbocycles. The van der Waals surface area contributed by atoms with Gasteiger partial charge in [0.15, 0.2) is 0 Å². The summed E-state index contributed by atoms with van der Waals surface area (Å²) >= 11 is 0.488. The van der Waals surface area contributed by atoms with Crippen LogP contribution in [0.5, 0.6) is 0 Å². The molecule has 0 bridgehead atoms. The second-order valence-corrected chi connectivity index (χ2v) is 3.93. The largest absolute Gasteiger partial charge is 0.327 e. The second-order valence-electron chi connectivity index (χ2n) is 2.97. The first kappa shape index (κ1) is 10.2. The summed E-state index contributed by atoms with van der Waals surface area (Å²) in [7, 11) is 0. The van der Waals surface area contributed by atoms with Crippen molar-refractivity contribution in [1.82, 2.24) is 10.6 Å². The summed E-state index contributed by atoms with van der Waals surface area (Å²) in [5.41, 5.74) is 3.11. The van der Waals surface area contributed by atoms with Crippen LogP contribution < -0.4 is 5.43 Å². The molecule has 1 fully saturated rings. The average Bonchev–Trinajstić information content (AvgIpc) is 2.25. The zero-order chi connectivity index (χ0) is 10.8. The van der Waals surface area contributed by atoms with Crippen LogP contribution in [0.15, 0.2) is 30.3 Å². The number of nitrogens with one attached hydrogen (secondary N) is 1. The maximum absolute atomic E-state index is 11.5. The van der Waals surface area contributed by atoms with E-state index in [2.05, 4.69) is 5.43 Å². The van der Waals surface area contributed by atoms with E-state index in [9.17, 15) is 9.59 Å². The molecular formula is C9H8N2O3S. The third-order valence-electron chi connectivity index (χ3n) is 1.98. The lowest BCUT2D eigenvalue weighted by Crippen LogP contribution is -2.47. The molecule has 15 heavy (non-hydrogen) atoms. The molecule has 0 saturated carbocycles. The minimum Gasteiger partial charge on any atom is -0.284 e. The number of hydrazine groups is 1. The van der Waals surface area contributed by atoms with Crippen molar-refractivity contribution in [3.8, 4) is 0 Å². The molecule has 78 valence electrons. The Hall–Kier alpha value is -1.37. The number of nitrogens with zero attached hydrogens (tertiary/aromatic N) is 1. The van der Waals surface area contributed by atoms with Gasteiger partial charge in [0.2, 0.25) is 5.12 Å². The zero-order valence-corrected chi connectivity index (χ0v) is 8.40. The van der Waals surface area contributed by atoms with Crippen LogP contribution in [0, 0.1) is 0 Å². The highest BCUT2D eigenvalue weighted by molar-refractivity contribution is 8.26. The van der Waals surface area contributed by atoms with Gasteiger partial charge in [-0.15, -0.1) is 5.17 Å². The third kappa shape index (κ3) is 2.01. The molecule has 2 N–H and O–H groups in total. The first-order chi connectivity index (χ1) is 7.18. The van der Waals surface area contributed by atoms with Gasteiger partial charge in [0.25, 0.3) is 0 Å². The van der Waals surface area contributed by atoms with Crippen molar-refractivity contribution < 1.29 is 14.8 Å². The van der Waals surface area contributed by atoms with E-state index in [0.717, 1.165) is 0 Å². The van der Waals surface area contributed by atoms with Crippen molar-refractivity contribution in [1.29, 1.82) is 0 Å².